The average Bonchev–Trinajstić information content (AvgIpc) is 3.35. The first kappa shape index (κ1) is 26.0. The van der Waals surface area contributed by atoms with E-state index in [4.69, 9.17) is 4.52 Å². The molecule has 1 aromatic heterocycles. The zero-order chi connectivity index (χ0) is 26.6. The lowest BCUT2D eigenvalue weighted by atomic mass is 9.53. The molecule has 1 heterocycles. The molecular weight excluding hydrogens is 548 g/mol. The van der Waals surface area contributed by atoms with Crippen LogP contribution in [0.25, 0.3) is 0 Å². The average molecular weight is 578 g/mol. The van der Waals surface area contributed by atoms with Gasteiger partial charge in [0.05, 0.1) is 5.41 Å². The Bertz CT molecular complexity index is 1250. The topological polar surface area (TPSA) is 96.5 Å². The highest BCUT2D eigenvalue weighted by molar-refractivity contribution is 9.10. The molecule has 3 saturated carbocycles. The lowest BCUT2D eigenvalue weighted by Crippen LogP contribution is -2.52. The zero-order valence-corrected chi connectivity index (χ0v) is 22.5. The number of aliphatic carboxylic acids is 1. The van der Waals surface area contributed by atoms with Gasteiger partial charge in [0, 0.05) is 34.6 Å². The molecule has 0 saturated heterocycles. The molecule has 7 nitrogen and oxygen atoms in total. The molecule has 4 aliphatic carbocycles. The van der Waals surface area contributed by atoms with Gasteiger partial charge in [-0.3, -0.25) is 9.59 Å². The molecule has 4 aliphatic rings. The number of hydrogen-bond donors (Lipinski definition) is 1. The van der Waals surface area contributed by atoms with Crippen molar-refractivity contribution in [3.05, 3.63) is 52.1 Å². The summed E-state index contributed by atoms with van der Waals surface area (Å²) in [6.07, 6.45) is 6.92. The summed E-state index contributed by atoms with van der Waals surface area (Å²) in [6.45, 7) is 3.08. The Morgan fingerprint density at radius 3 is 2.35 bits per heavy atom. The normalized spacial score (nSPS) is 28.9. The molecule has 37 heavy (non-hydrogen) atoms. The van der Waals surface area contributed by atoms with E-state index in [9.17, 15) is 23.5 Å². The van der Waals surface area contributed by atoms with E-state index in [1.807, 2.05) is 31.2 Å². The standard InChI is InChI=1S/C27H30BrF2N3O4/c1-3-26(23(35)36)14-17(15-26)20(34)33(19-6-4-5-18(28)13-19)16-25-7-10-27(11-8-25,12-9-25)21-31-22(37-32-21)24(2,29)30/h4-6,13-14H,3,7-12,15-16H2,1-2H3,(H,35,36). The largest absolute Gasteiger partial charge is 0.481 e. The highest BCUT2D eigenvalue weighted by Gasteiger charge is 2.53. The number of nitrogens with zero attached hydrogens (tertiary/aromatic N) is 3. The first-order chi connectivity index (χ1) is 17.4. The SMILES string of the molecule is CCC1(C(=O)O)C=C(C(=O)N(CC23CCC(c4noc(C(C)(F)F)n4)(CC2)CC3)c2cccc(Br)c2)C1. The smallest absolute Gasteiger partial charge is 0.322 e. The van der Waals surface area contributed by atoms with Crippen LogP contribution >= 0.6 is 15.9 Å². The number of benzene rings is 1. The lowest BCUT2D eigenvalue weighted by Gasteiger charge is -2.53. The molecule has 1 aromatic carbocycles. The maximum atomic E-state index is 13.7. The van der Waals surface area contributed by atoms with Crippen molar-refractivity contribution in [1.29, 1.82) is 0 Å². The number of halogens is 3. The molecule has 2 bridgehead atoms. The van der Waals surface area contributed by atoms with Crippen LogP contribution in [0.4, 0.5) is 14.5 Å². The second-order valence-corrected chi connectivity index (χ2v) is 12.0. The fourth-order valence-corrected chi connectivity index (χ4v) is 6.57. The molecule has 10 heteroatoms. The van der Waals surface area contributed by atoms with Crippen LogP contribution in [0.5, 0.6) is 0 Å². The van der Waals surface area contributed by atoms with Gasteiger partial charge in [-0.15, -0.1) is 0 Å². The van der Waals surface area contributed by atoms with Gasteiger partial charge in [0.2, 0.25) is 0 Å². The summed E-state index contributed by atoms with van der Waals surface area (Å²) < 4.78 is 33.1. The summed E-state index contributed by atoms with van der Waals surface area (Å²) >= 11 is 3.50. The van der Waals surface area contributed by atoms with Crippen LogP contribution in [0.3, 0.4) is 0 Å². The minimum absolute atomic E-state index is 0.125. The molecule has 6 rings (SSSR count). The van der Waals surface area contributed by atoms with Gasteiger partial charge in [-0.25, -0.2) is 0 Å². The Balaban J connectivity index is 1.38. The Hall–Kier alpha value is -2.62. The van der Waals surface area contributed by atoms with Gasteiger partial charge in [-0.1, -0.05) is 40.2 Å². The second-order valence-electron chi connectivity index (χ2n) is 11.1. The minimum Gasteiger partial charge on any atom is -0.481 e. The summed E-state index contributed by atoms with van der Waals surface area (Å²) in [5.74, 6) is -4.52. The van der Waals surface area contributed by atoms with E-state index in [0.29, 0.717) is 24.4 Å². The van der Waals surface area contributed by atoms with Crippen molar-refractivity contribution < 1.29 is 28.0 Å². The van der Waals surface area contributed by atoms with Crippen LogP contribution in [0.1, 0.15) is 76.9 Å². The first-order valence-corrected chi connectivity index (χ1v) is 13.5. The lowest BCUT2D eigenvalue weighted by molar-refractivity contribution is -0.147. The number of carboxylic acids is 1. The molecule has 1 atom stereocenters. The number of hydrogen-bond acceptors (Lipinski definition) is 5. The predicted molar refractivity (Wildman–Crippen MR) is 135 cm³/mol. The van der Waals surface area contributed by atoms with Gasteiger partial charge in [-0.2, -0.15) is 13.8 Å². The van der Waals surface area contributed by atoms with Gasteiger partial charge < -0.3 is 14.5 Å². The molecule has 0 aliphatic heterocycles. The number of aromatic nitrogens is 2. The van der Waals surface area contributed by atoms with Gasteiger partial charge in [0.25, 0.3) is 11.8 Å². The van der Waals surface area contributed by atoms with Crippen LogP contribution in [-0.4, -0.2) is 33.7 Å². The maximum absolute atomic E-state index is 13.7. The van der Waals surface area contributed by atoms with E-state index in [1.165, 1.54) is 0 Å². The van der Waals surface area contributed by atoms with Crippen LogP contribution in [-0.2, 0) is 20.9 Å². The molecule has 1 unspecified atom stereocenters. The van der Waals surface area contributed by atoms with E-state index in [1.54, 1.807) is 11.0 Å². The molecule has 1 amide bonds. The Labute approximate surface area is 222 Å². The number of amides is 1. The quantitative estimate of drug-likeness (QED) is 0.391. The summed E-state index contributed by atoms with van der Waals surface area (Å²) in [4.78, 5) is 31.4. The zero-order valence-electron chi connectivity index (χ0n) is 20.9. The highest BCUT2D eigenvalue weighted by atomic mass is 79.9. The van der Waals surface area contributed by atoms with Gasteiger partial charge >= 0.3 is 11.9 Å². The van der Waals surface area contributed by atoms with Gasteiger partial charge in [-0.05, 0) is 75.0 Å². The number of alkyl halides is 2. The molecule has 3 fully saturated rings. The Kier molecular flexibility index (Phi) is 6.32. The number of fused-ring (bicyclic) bond motifs is 3. The summed E-state index contributed by atoms with van der Waals surface area (Å²) in [5, 5.41) is 13.6. The van der Waals surface area contributed by atoms with Crippen molar-refractivity contribution in [1.82, 2.24) is 10.1 Å². The van der Waals surface area contributed by atoms with Crippen molar-refractivity contribution in [2.75, 3.05) is 11.4 Å². The van der Waals surface area contributed by atoms with Gasteiger partial charge in [0.15, 0.2) is 5.82 Å². The Morgan fingerprint density at radius 1 is 1.19 bits per heavy atom. The molecular formula is C27H30BrF2N3O4. The molecule has 198 valence electrons. The van der Waals surface area contributed by atoms with Gasteiger partial charge in [0.1, 0.15) is 0 Å². The van der Waals surface area contributed by atoms with Crippen LogP contribution in [0.15, 0.2) is 44.9 Å². The van der Waals surface area contributed by atoms with Crippen LogP contribution in [0.2, 0.25) is 0 Å². The predicted octanol–water partition coefficient (Wildman–Crippen LogP) is 6.38. The third-order valence-corrected chi connectivity index (χ3v) is 9.32. The van der Waals surface area contributed by atoms with Crippen molar-refractivity contribution in [3.8, 4) is 0 Å². The van der Waals surface area contributed by atoms with Crippen molar-refractivity contribution in [3.63, 3.8) is 0 Å². The Morgan fingerprint density at radius 2 is 1.84 bits per heavy atom. The van der Waals surface area contributed by atoms with Crippen molar-refractivity contribution in [2.24, 2.45) is 10.8 Å². The summed E-state index contributed by atoms with van der Waals surface area (Å²) in [7, 11) is 0. The van der Waals surface area contributed by atoms with E-state index in [2.05, 4.69) is 26.1 Å². The van der Waals surface area contributed by atoms with Crippen LogP contribution < -0.4 is 4.90 Å². The van der Waals surface area contributed by atoms with Crippen LogP contribution in [0, 0.1) is 10.8 Å². The maximum Gasteiger partial charge on any atom is 0.322 e. The number of carbonyl (C=O) groups excluding carboxylic acids is 1. The molecule has 2 aromatic rings. The van der Waals surface area contributed by atoms with E-state index < -0.39 is 23.2 Å². The summed E-state index contributed by atoms with van der Waals surface area (Å²) in [5.41, 5.74) is -0.186. The first-order valence-electron chi connectivity index (χ1n) is 12.7. The third-order valence-electron chi connectivity index (χ3n) is 8.82. The monoisotopic (exact) mass is 577 g/mol. The van der Waals surface area contributed by atoms with Crippen molar-refractivity contribution >= 4 is 33.5 Å². The fourth-order valence-electron chi connectivity index (χ4n) is 6.18. The highest BCUT2D eigenvalue weighted by Crippen LogP contribution is 2.58. The second kappa shape index (κ2) is 8.99. The number of rotatable bonds is 8. The van der Waals surface area contributed by atoms with E-state index in [0.717, 1.165) is 55.6 Å². The summed E-state index contributed by atoms with van der Waals surface area (Å²) in [6, 6.07) is 7.57. The number of anilines is 1. The van der Waals surface area contributed by atoms with E-state index >= 15 is 0 Å². The third kappa shape index (κ3) is 4.51. The number of carbonyl (C=O) groups is 2. The van der Waals surface area contributed by atoms with E-state index in [-0.39, 0.29) is 23.2 Å². The van der Waals surface area contributed by atoms with Crippen molar-refractivity contribution in [2.45, 2.75) is 76.6 Å². The minimum atomic E-state index is -3.17. The molecule has 0 radical (unpaired) electrons. The molecule has 0 spiro atoms. The fraction of sp³-hybridized carbons (Fsp3) is 0.556. The molecule has 1 N–H and O–H groups in total. The number of carboxylic acid groups (broad SMARTS) is 1.